The lowest BCUT2D eigenvalue weighted by molar-refractivity contribution is 0.581. The monoisotopic (exact) mass is 342 g/mol. The van der Waals surface area contributed by atoms with Crippen molar-refractivity contribution in [2.24, 2.45) is 7.05 Å². The van der Waals surface area contributed by atoms with E-state index < -0.39 is 10.0 Å². The van der Waals surface area contributed by atoms with Gasteiger partial charge in [0.1, 0.15) is 0 Å². The maximum atomic E-state index is 12.3. The summed E-state index contributed by atoms with van der Waals surface area (Å²) in [5.41, 5.74) is 3.61. The van der Waals surface area contributed by atoms with E-state index in [9.17, 15) is 8.42 Å². The third-order valence-electron chi connectivity index (χ3n) is 3.71. The van der Waals surface area contributed by atoms with Crippen LogP contribution < -0.4 is 4.72 Å². The van der Waals surface area contributed by atoms with Crippen molar-refractivity contribution in [2.45, 2.75) is 18.4 Å². The first-order valence-corrected chi connectivity index (χ1v) is 8.93. The van der Waals surface area contributed by atoms with Crippen LogP contribution in [0.4, 0.5) is 0 Å². The Morgan fingerprint density at radius 2 is 1.88 bits per heavy atom. The summed E-state index contributed by atoms with van der Waals surface area (Å²) >= 11 is 0. The van der Waals surface area contributed by atoms with Gasteiger partial charge in [0.05, 0.1) is 10.6 Å². The fourth-order valence-electron chi connectivity index (χ4n) is 2.36. The van der Waals surface area contributed by atoms with E-state index in [0.29, 0.717) is 0 Å². The average molecular weight is 342 g/mol. The highest BCUT2D eigenvalue weighted by molar-refractivity contribution is 7.89. The quantitative estimate of drug-likeness (QED) is 0.772. The predicted octanol–water partition coefficient (Wildman–Crippen LogP) is 2.27. The molecule has 0 aliphatic rings. The number of nitrogens with zero attached hydrogens (tertiary/aromatic N) is 3. The largest absolute Gasteiger partial charge is 0.268 e. The van der Waals surface area contributed by atoms with Gasteiger partial charge in [0, 0.05) is 37.7 Å². The van der Waals surface area contributed by atoms with Gasteiger partial charge in [0.2, 0.25) is 10.0 Å². The lowest BCUT2D eigenvalue weighted by Crippen LogP contribution is -2.23. The van der Waals surface area contributed by atoms with Crippen molar-refractivity contribution in [3.05, 3.63) is 66.1 Å². The standard InChI is InChI=1S/C17H18N4O2S/c1-13-3-5-16(6-4-13)24(22,23)20-11-14-9-15(12-18-10-14)17-7-8-19-21(17)2/h3-10,12,20H,11H2,1-2H3. The summed E-state index contributed by atoms with van der Waals surface area (Å²) in [4.78, 5) is 4.44. The van der Waals surface area contributed by atoms with Crippen LogP contribution in [0.1, 0.15) is 11.1 Å². The second-order valence-electron chi connectivity index (χ2n) is 5.56. The highest BCUT2D eigenvalue weighted by Crippen LogP contribution is 2.18. The molecular formula is C17H18N4O2S. The second kappa shape index (κ2) is 6.54. The topological polar surface area (TPSA) is 76.9 Å². The smallest absolute Gasteiger partial charge is 0.240 e. The molecule has 0 saturated heterocycles. The Morgan fingerprint density at radius 3 is 2.54 bits per heavy atom. The van der Waals surface area contributed by atoms with Crippen LogP contribution in [0.2, 0.25) is 0 Å². The third-order valence-corrected chi connectivity index (χ3v) is 5.13. The number of hydrogen-bond acceptors (Lipinski definition) is 4. The predicted molar refractivity (Wildman–Crippen MR) is 91.6 cm³/mol. The summed E-state index contributed by atoms with van der Waals surface area (Å²) in [6.45, 7) is 2.09. The highest BCUT2D eigenvalue weighted by Gasteiger charge is 2.13. The summed E-state index contributed by atoms with van der Waals surface area (Å²) in [5.74, 6) is 0. The fourth-order valence-corrected chi connectivity index (χ4v) is 3.38. The molecule has 0 aliphatic carbocycles. The molecule has 3 aromatic rings. The minimum Gasteiger partial charge on any atom is -0.268 e. The van der Waals surface area contributed by atoms with Crippen molar-refractivity contribution in [1.29, 1.82) is 0 Å². The molecule has 24 heavy (non-hydrogen) atoms. The Bertz CT molecular complexity index is 947. The first kappa shape index (κ1) is 16.4. The van der Waals surface area contributed by atoms with E-state index in [1.807, 2.05) is 26.1 Å². The van der Waals surface area contributed by atoms with Crippen molar-refractivity contribution in [3.8, 4) is 11.3 Å². The van der Waals surface area contributed by atoms with E-state index >= 15 is 0 Å². The zero-order valence-corrected chi connectivity index (χ0v) is 14.3. The normalized spacial score (nSPS) is 11.6. The lowest BCUT2D eigenvalue weighted by atomic mass is 10.1. The number of nitrogens with one attached hydrogen (secondary N) is 1. The molecule has 7 heteroatoms. The molecule has 0 fully saturated rings. The summed E-state index contributed by atoms with van der Waals surface area (Å²) < 4.78 is 29.0. The number of hydrogen-bond donors (Lipinski definition) is 1. The van der Waals surface area contributed by atoms with Gasteiger partial charge >= 0.3 is 0 Å². The molecule has 124 valence electrons. The Balaban J connectivity index is 1.77. The van der Waals surface area contributed by atoms with E-state index in [4.69, 9.17) is 0 Å². The van der Waals surface area contributed by atoms with Crippen molar-refractivity contribution >= 4 is 10.0 Å². The van der Waals surface area contributed by atoms with Crippen LogP contribution >= 0.6 is 0 Å². The number of sulfonamides is 1. The molecule has 2 heterocycles. The lowest BCUT2D eigenvalue weighted by Gasteiger charge is -2.08. The van der Waals surface area contributed by atoms with Crippen LogP contribution in [0.5, 0.6) is 0 Å². The van der Waals surface area contributed by atoms with Gasteiger partial charge in [-0.15, -0.1) is 0 Å². The van der Waals surface area contributed by atoms with Crippen molar-refractivity contribution in [3.63, 3.8) is 0 Å². The van der Waals surface area contributed by atoms with Crippen LogP contribution in [0.25, 0.3) is 11.3 Å². The Hall–Kier alpha value is -2.51. The van der Waals surface area contributed by atoms with Gasteiger partial charge in [-0.25, -0.2) is 13.1 Å². The zero-order chi connectivity index (χ0) is 17.2. The van der Waals surface area contributed by atoms with Crippen molar-refractivity contribution in [1.82, 2.24) is 19.5 Å². The molecule has 0 unspecified atom stereocenters. The maximum absolute atomic E-state index is 12.3. The summed E-state index contributed by atoms with van der Waals surface area (Å²) in [5, 5.41) is 4.13. The summed E-state index contributed by atoms with van der Waals surface area (Å²) in [7, 11) is -1.70. The SMILES string of the molecule is Cc1ccc(S(=O)(=O)NCc2cncc(-c3ccnn3C)c2)cc1. The van der Waals surface area contributed by atoms with E-state index in [0.717, 1.165) is 22.4 Å². The first-order valence-electron chi connectivity index (χ1n) is 7.44. The van der Waals surface area contributed by atoms with E-state index in [1.165, 1.54) is 0 Å². The first-order chi connectivity index (χ1) is 11.5. The van der Waals surface area contributed by atoms with Gasteiger partial charge in [-0.05, 0) is 36.8 Å². The van der Waals surface area contributed by atoms with Gasteiger partial charge in [-0.3, -0.25) is 9.67 Å². The van der Waals surface area contributed by atoms with Gasteiger partial charge in [0.25, 0.3) is 0 Å². The molecule has 0 bridgehead atoms. The molecule has 0 aliphatic heterocycles. The van der Waals surface area contributed by atoms with E-state index in [1.54, 1.807) is 47.5 Å². The van der Waals surface area contributed by atoms with Gasteiger partial charge in [-0.1, -0.05) is 17.7 Å². The molecule has 1 aromatic carbocycles. The number of benzene rings is 1. The maximum Gasteiger partial charge on any atom is 0.240 e. The Morgan fingerprint density at radius 1 is 1.12 bits per heavy atom. The van der Waals surface area contributed by atoms with E-state index in [-0.39, 0.29) is 11.4 Å². The van der Waals surface area contributed by atoms with Gasteiger partial charge < -0.3 is 0 Å². The fraction of sp³-hybridized carbons (Fsp3) is 0.176. The van der Waals surface area contributed by atoms with Crippen molar-refractivity contribution < 1.29 is 8.42 Å². The van der Waals surface area contributed by atoms with Crippen LogP contribution in [0, 0.1) is 6.92 Å². The second-order valence-corrected chi connectivity index (χ2v) is 7.33. The summed E-state index contributed by atoms with van der Waals surface area (Å²) in [6.07, 6.45) is 5.09. The van der Waals surface area contributed by atoms with Crippen LogP contribution in [0.3, 0.4) is 0 Å². The van der Waals surface area contributed by atoms with E-state index in [2.05, 4.69) is 14.8 Å². The van der Waals surface area contributed by atoms with Crippen molar-refractivity contribution in [2.75, 3.05) is 0 Å². The molecule has 0 saturated carbocycles. The minimum atomic E-state index is -3.55. The minimum absolute atomic E-state index is 0.175. The third kappa shape index (κ3) is 3.52. The Labute approximate surface area is 141 Å². The van der Waals surface area contributed by atoms with Crippen LogP contribution in [-0.2, 0) is 23.6 Å². The van der Waals surface area contributed by atoms with Gasteiger partial charge in [-0.2, -0.15) is 5.10 Å². The molecule has 1 N–H and O–H groups in total. The Kier molecular flexibility index (Phi) is 4.46. The molecule has 3 rings (SSSR count). The zero-order valence-electron chi connectivity index (χ0n) is 13.5. The number of pyridine rings is 1. The van der Waals surface area contributed by atoms with Crippen LogP contribution in [0.15, 0.2) is 59.9 Å². The number of aryl methyl sites for hydroxylation is 2. The van der Waals surface area contributed by atoms with Crippen LogP contribution in [-0.4, -0.2) is 23.2 Å². The molecule has 0 atom stereocenters. The van der Waals surface area contributed by atoms with Gasteiger partial charge in [0.15, 0.2) is 0 Å². The number of rotatable bonds is 5. The molecular weight excluding hydrogens is 324 g/mol. The summed E-state index contributed by atoms with van der Waals surface area (Å²) in [6, 6.07) is 10.5. The highest BCUT2D eigenvalue weighted by atomic mass is 32.2. The molecule has 2 aromatic heterocycles. The average Bonchev–Trinajstić information content (AvgIpc) is 3.00. The molecule has 0 spiro atoms. The molecule has 0 radical (unpaired) electrons. The molecule has 0 amide bonds. The molecule has 6 nitrogen and oxygen atoms in total. The number of aromatic nitrogens is 3.